The third-order valence-electron chi connectivity index (χ3n) is 2.78. The van der Waals surface area contributed by atoms with Crippen molar-refractivity contribution in [2.24, 2.45) is 0 Å². The number of methoxy groups -OCH3 is 1. The molecular weight excluding hydrogens is 313 g/mol. The molecule has 2 N–H and O–H groups in total. The first-order chi connectivity index (χ1) is 10.9. The predicted octanol–water partition coefficient (Wildman–Crippen LogP) is 3.10. The summed E-state index contributed by atoms with van der Waals surface area (Å²) in [6.07, 6.45) is -4.04. The van der Waals surface area contributed by atoms with Crippen LogP contribution in [0.4, 0.5) is 29.6 Å². The predicted molar refractivity (Wildman–Crippen MR) is 76.0 cm³/mol. The Labute approximate surface area is 129 Å². The molecule has 0 aliphatic heterocycles. The zero-order chi connectivity index (χ0) is 16.9. The fourth-order valence-corrected chi connectivity index (χ4v) is 1.66. The lowest BCUT2D eigenvalue weighted by atomic mass is 10.2. The maximum atomic E-state index is 12.6. The number of carbonyl (C=O) groups is 1. The van der Waals surface area contributed by atoms with Crippen molar-refractivity contribution in [2.45, 2.75) is 12.7 Å². The van der Waals surface area contributed by atoms with E-state index < -0.39 is 18.0 Å². The van der Waals surface area contributed by atoms with E-state index in [1.807, 2.05) is 0 Å². The first-order valence-corrected chi connectivity index (χ1v) is 6.46. The molecule has 0 unspecified atom stereocenters. The van der Waals surface area contributed by atoms with Crippen LogP contribution in [0, 0.1) is 0 Å². The lowest BCUT2D eigenvalue weighted by Gasteiger charge is -2.09. The zero-order valence-electron chi connectivity index (χ0n) is 12.0. The number of alkyl carbamates (subject to hydrolysis) is 1. The normalized spacial score (nSPS) is 11.0. The Morgan fingerprint density at radius 3 is 2.52 bits per heavy atom. The second-order valence-electron chi connectivity index (χ2n) is 4.43. The standard InChI is InChI=1S/C14H13F3N4O2/c1-23-13(22)19-8-9-2-4-10(5-3-9)20-12-18-7-6-11(21-12)14(15,16)17/h2-7H,8H2,1H3,(H,19,22)(H,18,20,21). The number of halogens is 3. The molecule has 0 saturated carbocycles. The average molecular weight is 326 g/mol. The monoisotopic (exact) mass is 326 g/mol. The van der Waals surface area contributed by atoms with Gasteiger partial charge in [0.1, 0.15) is 5.69 Å². The molecule has 0 bridgehead atoms. The fraction of sp³-hybridized carbons (Fsp3) is 0.214. The van der Waals surface area contributed by atoms with Gasteiger partial charge in [0.15, 0.2) is 0 Å². The Morgan fingerprint density at radius 1 is 1.22 bits per heavy atom. The molecule has 2 aromatic rings. The highest BCUT2D eigenvalue weighted by atomic mass is 19.4. The molecule has 1 aromatic heterocycles. The lowest BCUT2D eigenvalue weighted by molar-refractivity contribution is -0.141. The van der Waals surface area contributed by atoms with E-state index in [4.69, 9.17) is 0 Å². The van der Waals surface area contributed by atoms with Crippen LogP contribution in [0.2, 0.25) is 0 Å². The van der Waals surface area contributed by atoms with Crippen LogP contribution >= 0.6 is 0 Å². The molecule has 0 aliphatic rings. The average Bonchev–Trinajstić information content (AvgIpc) is 2.53. The van der Waals surface area contributed by atoms with E-state index in [2.05, 4.69) is 25.3 Å². The molecule has 0 aliphatic carbocycles. The van der Waals surface area contributed by atoms with Gasteiger partial charge in [-0.05, 0) is 23.8 Å². The van der Waals surface area contributed by atoms with Crippen LogP contribution in [-0.4, -0.2) is 23.2 Å². The largest absolute Gasteiger partial charge is 0.453 e. The smallest absolute Gasteiger partial charge is 0.433 e. The van der Waals surface area contributed by atoms with E-state index in [1.54, 1.807) is 24.3 Å². The molecule has 2 rings (SSSR count). The van der Waals surface area contributed by atoms with Crippen LogP contribution in [0.25, 0.3) is 0 Å². The van der Waals surface area contributed by atoms with Crippen molar-refractivity contribution in [3.63, 3.8) is 0 Å². The van der Waals surface area contributed by atoms with Crippen molar-refractivity contribution >= 4 is 17.7 Å². The molecule has 122 valence electrons. The van der Waals surface area contributed by atoms with Crippen molar-refractivity contribution in [3.05, 3.63) is 47.8 Å². The highest BCUT2D eigenvalue weighted by Crippen LogP contribution is 2.28. The zero-order valence-corrected chi connectivity index (χ0v) is 12.0. The number of rotatable bonds is 4. The summed E-state index contributed by atoms with van der Waals surface area (Å²) in [5.74, 6) is -0.153. The number of alkyl halides is 3. The third-order valence-corrected chi connectivity index (χ3v) is 2.78. The van der Waals surface area contributed by atoms with Crippen LogP contribution < -0.4 is 10.6 Å². The molecule has 23 heavy (non-hydrogen) atoms. The number of ether oxygens (including phenoxy) is 1. The minimum absolute atomic E-state index is 0.153. The Morgan fingerprint density at radius 2 is 1.91 bits per heavy atom. The molecule has 0 spiro atoms. The Bertz CT molecular complexity index is 674. The van der Waals surface area contributed by atoms with Gasteiger partial charge in [-0.2, -0.15) is 13.2 Å². The summed E-state index contributed by atoms with van der Waals surface area (Å²) in [6, 6.07) is 7.47. The van der Waals surface area contributed by atoms with Crippen molar-refractivity contribution in [1.29, 1.82) is 0 Å². The number of benzene rings is 1. The Kier molecular flexibility index (Phi) is 4.99. The van der Waals surface area contributed by atoms with Gasteiger partial charge in [0.25, 0.3) is 0 Å². The molecule has 1 amide bonds. The van der Waals surface area contributed by atoms with E-state index in [1.165, 1.54) is 7.11 Å². The SMILES string of the molecule is COC(=O)NCc1ccc(Nc2nccc(C(F)(F)F)n2)cc1. The summed E-state index contributed by atoms with van der Waals surface area (Å²) >= 11 is 0. The van der Waals surface area contributed by atoms with Gasteiger partial charge in [0.05, 0.1) is 7.11 Å². The quantitative estimate of drug-likeness (QED) is 0.903. The minimum Gasteiger partial charge on any atom is -0.453 e. The summed E-state index contributed by atoms with van der Waals surface area (Å²) in [5, 5.41) is 5.20. The first-order valence-electron chi connectivity index (χ1n) is 6.46. The van der Waals surface area contributed by atoms with E-state index >= 15 is 0 Å². The van der Waals surface area contributed by atoms with Gasteiger partial charge in [0.2, 0.25) is 5.95 Å². The molecular formula is C14H13F3N4O2. The van der Waals surface area contributed by atoms with Gasteiger partial charge in [-0.1, -0.05) is 12.1 Å². The Balaban J connectivity index is 2.02. The van der Waals surface area contributed by atoms with E-state index in [9.17, 15) is 18.0 Å². The van der Waals surface area contributed by atoms with Crippen molar-refractivity contribution < 1.29 is 22.7 Å². The third kappa shape index (κ3) is 4.83. The number of amides is 1. The van der Waals surface area contributed by atoms with Crippen LogP contribution in [0.1, 0.15) is 11.3 Å². The van der Waals surface area contributed by atoms with E-state index in [0.717, 1.165) is 17.8 Å². The summed E-state index contributed by atoms with van der Waals surface area (Å²) < 4.78 is 42.2. The maximum absolute atomic E-state index is 12.6. The van der Waals surface area contributed by atoms with Crippen molar-refractivity contribution in [2.75, 3.05) is 12.4 Å². The number of nitrogens with zero attached hydrogens (tertiary/aromatic N) is 2. The first kappa shape index (κ1) is 16.5. The summed E-state index contributed by atoms with van der Waals surface area (Å²) in [7, 11) is 1.26. The van der Waals surface area contributed by atoms with E-state index in [0.29, 0.717) is 5.69 Å². The van der Waals surface area contributed by atoms with Crippen molar-refractivity contribution in [3.8, 4) is 0 Å². The fourth-order valence-electron chi connectivity index (χ4n) is 1.66. The molecule has 9 heteroatoms. The number of carbonyl (C=O) groups excluding carboxylic acids is 1. The summed E-state index contributed by atoms with van der Waals surface area (Å²) in [5.41, 5.74) is 0.297. The van der Waals surface area contributed by atoms with Gasteiger partial charge in [-0.3, -0.25) is 0 Å². The lowest BCUT2D eigenvalue weighted by Crippen LogP contribution is -2.22. The summed E-state index contributed by atoms with van der Waals surface area (Å²) in [6.45, 7) is 0.271. The molecule has 0 atom stereocenters. The summed E-state index contributed by atoms with van der Waals surface area (Å²) in [4.78, 5) is 18.1. The number of nitrogens with one attached hydrogen (secondary N) is 2. The van der Waals surface area contributed by atoms with Crippen molar-refractivity contribution in [1.82, 2.24) is 15.3 Å². The van der Waals surface area contributed by atoms with Gasteiger partial charge in [-0.25, -0.2) is 14.8 Å². The molecule has 0 fully saturated rings. The number of hydrogen-bond acceptors (Lipinski definition) is 5. The van der Waals surface area contributed by atoms with Gasteiger partial charge in [-0.15, -0.1) is 0 Å². The number of anilines is 2. The minimum atomic E-state index is -4.53. The van der Waals surface area contributed by atoms with Crippen LogP contribution in [0.5, 0.6) is 0 Å². The highest BCUT2D eigenvalue weighted by Gasteiger charge is 2.32. The van der Waals surface area contributed by atoms with Gasteiger partial charge < -0.3 is 15.4 Å². The Hall–Kier alpha value is -2.84. The maximum Gasteiger partial charge on any atom is 0.433 e. The van der Waals surface area contributed by atoms with Crippen LogP contribution in [-0.2, 0) is 17.5 Å². The van der Waals surface area contributed by atoms with Crippen LogP contribution in [0.15, 0.2) is 36.5 Å². The number of aromatic nitrogens is 2. The molecule has 0 saturated heterocycles. The van der Waals surface area contributed by atoms with Gasteiger partial charge >= 0.3 is 12.3 Å². The second-order valence-corrected chi connectivity index (χ2v) is 4.43. The van der Waals surface area contributed by atoms with E-state index in [-0.39, 0.29) is 12.5 Å². The molecule has 6 nitrogen and oxygen atoms in total. The molecule has 0 radical (unpaired) electrons. The number of hydrogen-bond donors (Lipinski definition) is 2. The second kappa shape index (κ2) is 6.95. The van der Waals surface area contributed by atoms with Gasteiger partial charge in [0, 0.05) is 18.4 Å². The van der Waals surface area contributed by atoms with Crippen LogP contribution in [0.3, 0.4) is 0 Å². The molecule has 1 heterocycles. The topological polar surface area (TPSA) is 76.1 Å². The highest BCUT2D eigenvalue weighted by molar-refractivity contribution is 5.67. The molecule has 1 aromatic carbocycles.